The molecule has 1 N–H and O–H groups in total. The Balaban J connectivity index is 1.89. The molecule has 2 aromatic rings. The van der Waals surface area contributed by atoms with Crippen molar-refractivity contribution in [2.24, 2.45) is 5.92 Å². The highest BCUT2D eigenvalue weighted by molar-refractivity contribution is 7.10. The van der Waals surface area contributed by atoms with E-state index < -0.39 is 0 Å². The number of hydrogen-bond donors (Lipinski definition) is 1. The molecule has 0 bridgehead atoms. The number of aromatic nitrogens is 2. The molecule has 5 heteroatoms. The number of nitrogens with zero attached hydrogens (tertiary/aromatic N) is 2. The Labute approximate surface area is 117 Å². The standard InChI is InChI=1S/C14H19N3OS/c1-11(2)14(12-5-3-10-19-12)16-13(18)6-9-17-8-4-7-15-17/h3-5,7-8,10-11,14H,6,9H2,1-2H3,(H,16,18)/t14-/m0/s1. The molecule has 2 aromatic heterocycles. The van der Waals surface area contributed by atoms with Crippen LogP contribution >= 0.6 is 11.3 Å². The second kappa shape index (κ2) is 6.52. The van der Waals surface area contributed by atoms with Crippen molar-refractivity contribution in [3.63, 3.8) is 0 Å². The summed E-state index contributed by atoms with van der Waals surface area (Å²) < 4.78 is 1.77. The molecule has 0 aliphatic carbocycles. The van der Waals surface area contributed by atoms with E-state index in [0.29, 0.717) is 18.9 Å². The summed E-state index contributed by atoms with van der Waals surface area (Å²) in [5.74, 6) is 0.454. The van der Waals surface area contributed by atoms with Crippen molar-refractivity contribution in [3.05, 3.63) is 40.8 Å². The summed E-state index contributed by atoms with van der Waals surface area (Å²) in [6.07, 6.45) is 4.04. The monoisotopic (exact) mass is 277 g/mol. The molecule has 0 saturated carbocycles. The minimum Gasteiger partial charge on any atom is -0.348 e. The van der Waals surface area contributed by atoms with Crippen molar-refractivity contribution in [3.8, 4) is 0 Å². The van der Waals surface area contributed by atoms with Crippen molar-refractivity contribution >= 4 is 17.2 Å². The second-order valence-corrected chi connectivity index (χ2v) is 5.80. The van der Waals surface area contributed by atoms with Gasteiger partial charge in [-0.25, -0.2) is 0 Å². The minimum absolute atomic E-state index is 0.0719. The van der Waals surface area contributed by atoms with Crippen LogP contribution in [0.15, 0.2) is 36.0 Å². The van der Waals surface area contributed by atoms with Crippen LogP contribution in [0.3, 0.4) is 0 Å². The van der Waals surface area contributed by atoms with Crippen LogP contribution in [0.25, 0.3) is 0 Å². The number of hydrogen-bond acceptors (Lipinski definition) is 3. The van der Waals surface area contributed by atoms with Crippen molar-refractivity contribution in [2.75, 3.05) is 0 Å². The van der Waals surface area contributed by atoms with Gasteiger partial charge in [0.25, 0.3) is 0 Å². The third-order valence-corrected chi connectivity index (χ3v) is 3.92. The van der Waals surface area contributed by atoms with Crippen molar-refractivity contribution < 1.29 is 4.79 Å². The molecule has 4 nitrogen and oxygen atoms in total. The molecule has 2 heterocycles. The zero-order chi connectivity index (χ0) is 13.7. The number of rotatable bonds is 6. The summed E-state index contributed by atoms with van der Waals surface area (Å²) in [6, 6.07) is 6.06. The predicted molar refractivity (Wildman–Crippen MR) is 76.9 cm³/mol. The number of carbonyl (C=O) groups is 1. The average Bonchev–Trinajstić information content (AvgIpc) is 3.05. The molecule has 1 amide bonds. The lowest BCUT2D eigenvalue weighted by Gasteiger charge is -2.21. The lowest BCUT2D eigenvalue weighted by molar-refractivity contribution is -0.122. The van der Waals surface area contributed by atoms with Crippen molar-refractivity contribution in [2.45, 2.75) is 32.9 Å². The largest absolute Gasteiger partial charge is 0.348 e. The number of nitrogens with one attached hydrogen (secondary N) is 1. The Kier molecular flexibility index (Phi) is 4.74. The van der Waals surface area contributed by atoms with Gasteiger partial charge in [0.05, 0.1) is 6.04 Å². The molecule has 0 saturated heterocycles. The summed E-state index contributed by atoms with van der Waals surface area (Å²) in [6.45, 7) is 4.87. The highest BCUT2D eigenvalue weighted by atomic mass is 32.1. The van der Waals surface area contributed by atoms with Crippen LogP contribution in [-0.4, -0.2) is 15.7 Å². The maximum atomic E-state index is 12.0. The first kappa shape index (κ1) is 13.8. The highest BCUT2D eigenvalue weighted by Gasteiger charge is 2.18. The molecule has 0 unspecified atom stereocenters. The molecule has 0 fully saturated rings. The summed E-state index contributed by atoms with van der Waals surface area (Å²) in [7, 11) is 0. The number of thiophene rings is 1. The van der Waals surface area contributed by atoms with E-state index in [-0.39, 0.29) is 11.9 Å². The Morgan fingerprint density at radius 1 is 1.47 bits per heavy atom. The maximum Gasteiger partial charge on any atom is 0.222 e. The SMILES string of the molecule is CC(C)[C@H](NC(=O)CCn1cccn1)c1cccs1. The van der Waals surface area contributed by atoms with E-state index in [4.69, 9.17) is 0 Å². The van der Waals surface area contributed by atoms with Crippen LogP contribution in [0.1, 0.15) is 31.2 Å². The molecule has 2 rings (SSSR count). The first-order chi connectivity index (χ1) is 9.16. The van der Waals surface area contributed by atoms with Gasteiger partial charge in [-0.1, -0.05) is 19.9 Å². The molecule has 19 heavy (non-hydrogen) atoms. The van der Waals surface area contributed by atoms with Crippen molar-refractivity contribution in [1.29, 1.82) is 0 Å². The van der Waals surface area contributed by atoms with E-state index in [1.807, 2.05) is 23.7 Å². The Hall–Kier alpha value is -1.62. The van der Waals surface area contributed by atoms with E-state index >= 15 is 0 Å². The third-order valence-electron chi connectivity index (χ3n) is 2.96. The Morgan fingerprint density at radius 3 is 2.89 bits per heavy atom. The molecular weight excluding hydrogens is 258 g/mol. The fourth-order valence-electron chi connectivity index (χ4n) is 1.93. The molecule has 102 valence electrons. The van der Waals surface area contributed by atoms with Gasteiger partial charge in [-0.15, -0.1) is 11.3 Å². The van der Waals surface area contributed by atoms with Gasteiger partial charge in [0, 0.05) is 30.2 Å². The molecule has 1 atom stereocenters. The van der Waals surface area contributed by atoms with E-state index in [1.165, 1.54) is 4.88 Å². The van der Waals surface area contributed by atoms with Crippen LogP contribution < -0.4 is 5.32 Å². The minimum atomic E-state index is 0.0719. The van der Waals surface area contributed by atoms with E-state index in [9.17, 15) is 4.79 Å². The van der Waals surface area contributed by atoms with E-state index in [2.05, 4.69) is 30.3 Å². The molecule has 0 aromatic carbocycles. The van der Waals surface area contributed by atoms with Gasteiger partial charge in [0.2, 0.25) is 5.91 Å². The van der Waals surface area contributed by atoms with Crippen LogP contribution in [0, 0.1) is 5.92 Å². The van der Waals surface area contributed by atoms with E-state index in [0.717, 1.165) is 0 Å². The molecule has 0 aliphatic heterocycles. The third kappa shape index (κ3) is 3.92. The van der Waals surface area contributed by atoms with Gasteiger partial charge in [-0.05, 0) is 23.4 Å². The molecular formula is C14H19N3OS. The van der Waals surface area contributed by atoms with Gasteiger partial charge in [0.1, 0.15) is 0 Å². The normalized spacial score (nSPS) is 12.6. The van der Waals surface area contributed by atoms with E-state index in [1.54, 1.807) is 22.2 Å². The number of aryl methyl sites for hydroxylation is 1. The Bertz CT molecular complexity index is 491. The maximum absolute atomic E-state index is 12.0. The van der Waals surface area contributed by atoms with Crippen LogP contribution in [-0.2, 0) is 11.3 Å². The smallest absolute Gasteiger partial charge is 0.222 e. The van der Waals surface area contributed by atoms with Crippen LogP contribution in [0.4, 0.5) is 0 Å². The first-order valence-corrected chi connectivity index (χ1v) is 7.35. The van der Waals surface area contributed by atoms with Crippen LogP contribution in [0.2, 0.25) is 0 Å². The lowest BCUT2D eigenvalue weighted by atomic mass is 10.0. The lowest BCUT2D eigenvalue weighted by Crippen LogP contribution is -2.31. The zero-order valence-electron chi connectivity index (χ0n) is 11.2. The summed E-state index contributed by atoms with van der Waals surface area (Å²) in [4.78, 5) is 13.2. The fraction of sp³-hybridized carbons (Fsp3) is 0.429. The first-order valence-electron chi connectivity index (χ1n) is 6.47. The average molecular weight is 277 g/mol. The molecule has 0 spiro atoms. The number of carbonyl (C=O) groups excluding carboxylic acids is 1. The topological polar surface area (TPSA) is 46.9 Å². The molecule has 0 aliphatic rings. The van der Waals surface area contributed by atoms with Crippen molar-refractivity contribution in [1.82, 2.24) is 15.1 Å². The summed E-state index contributed by atoms with van der Waals surface area (Å²) in [5.41, 5.74) is 0. The van der Waals surface area contributed by atoms with Gasteiger partial charge in [-0.3, -0.25) is 9.48 Å². The second-order valence-electron chi connectivity index (χ2n) is 4.82. The van der Waals surface area contributed by atoms with Gasteiger partial charge in [-0.2, -0.15) is 5.10 Å². The highest BCUT2D eigenvalue weighted by Crippen LogP contribution is 2.25. The zero-order valence-corrected chi connectivity index (χ0v) is 12.1. The quantitative estimate of drug-likeness (QED) is 0.882. The fourth-order valence-corrected chi connectivity index (χ4v) is 2.88. The summed E-state index contributed by atoms with van der Waals surface area (Å²) >= 11 is 1.68. The number of amides is 1. The Morgan fingerprint density at radius 2 is 2.32 bits per heavy atom. The predicted octanol–water partition coefficient (Wildman–Crippen LogP) is 2.85. The van der Waals surface area contributed by atoms with Gasteiger partial charge >= 0.3 is 0 Å². The van der Waals surface area contributed by atoms with Gasteiger partial charge < -0.3 is 5.32 Å². The van der Waals surface area contributed by atoms with Crippen LogP contribution in [0.5, 0.6) is 0 Å². The van der Waals surface area contributed by atoms with Gasteiger partial charge in [0.15, 0.2) is 0 Å². The molecule has 0 radical (unpaired) electrons. The summed E-state index contributed by atoms with van der Waals surface area (Å²) in [5, 5.41) is 9.25.